The van der Waals surface area contributed by atoms with Crippen molar-refractivity contribution in [3.8, 4) is 5.75 Å². The molecule has 0 spiro atoms. The zero-order valence-corrected chi connectivity index (χ0v) is 15.8. The van der Waals surface area contributed by atoms with Gasteiger partial charge in [-0.25, -0.2) is 4.98 Å². The summed E-state index contributed by atoms with van der Waals surface area (Å²) in [6, 6.07) is 14.1. The molecule has 0 N–H and O–H groups in total. The van der Waals surface area contributed by atoms with Gasteiger partial charge in [-0.05, 0) is 43.2 Å². The Kier molecular flexibility index (Phi) is 5.26. The molecule has 0 saturated carbocycles. The van der Waals surface area contributed by atoms with Crippen molar-refractivity contribution in [2.24, 2.45) is 0 Å². The Morgan fingerprint density at radius 1 is 1.15 bits per heavy atom. The second-order valence-corrected chi connectivity index (χ2v) is 6.59. The van der Waals surface area contributed by atoms with E-state index in [1.807, 2.05) is 30.3 Å². The number of carbonyl (C=O) groups is 1. The van der Waals surface area contributed by atoms with Crippen LogP contribution in [0.1, 0.15) is 23.9 Å². The van der Waals surface area contributed by atoms with Crippen LogP contribution >= 0.6 is 0 Å². The average Bonchev–Trinajstić information content (AvgIpc) is 2.96. The van der Waals surface area contributed by atoms with Crippen molar-refractivity contribution in [3.63, 3.8) is 0 Å². The number of amides is 1. The molecule has 3 aromatic rings. The van der Waals surface area contributed by atoms with Gasteiger partial charge in [0.15, 0.2) is 0 Å². The molecule has 0 aliphatic carbocycles. The van der Waals surface area contributed by atoms with E-state index in [2.05, 4.69) is 30.5 Å². The number of ether oxygens (including phenoxy) is 1. The number of hydrogen-bond acceptors (Lipinski definition) is 3. The Bertz CT molecular complexity index is 930. The maximum Gasteiger partial charge on any atom is 0.219 e. The average molecular weight is 351 g/mol. The largest absolute Gasteiger partial charge is 0.491 e. The van der Waals surface area contributed by atoms with Gasteiger partial charge in [-0.1, -0.05) is 24.3 Å². The highest BCUT2D eigenvalue weighted by molar-refractivity contribution is 5.76. The molecule has 1 heterocycles. The molecule has 0 bridgehead atoms. The van der Waals surface area contributed by atoms with Crippen molar-refractivity contribution >= 4 is 16.9 Å². The van der Waals surface area contributed by atoms with Gasteiger partial charge < -0.3 is 14.2 Å². The van der Waals surface area contributed by atoms with E-state index in [0.717, 1.165) is 22.6 Å². The smallest absolute Gasteiger partial charge is 0.219 e. The molecule has 5 nitrogen and oxygen atoms in total. The third-order valence-corrected chi connectivity index (χ3v) is 4.78. The highest BCUT2D eigenvalue weighted by atomic mass is 16.5. The molecule has 0 aliphatic heterocycles. The van der Waals surface area contributed by atoms with Gasteiger partial charge in [-0.3, -0.25) is 4.79 Å². The fraction of sp³-hybridized carbons (Fsp3) is 0.333. The van der Waals surface area contributed by atoms with Crippen LogP contribution in [0.15, 0.2) is 42.5 Å². The molecule has 5 heteroatoms. The Balaban J connectivity index is 1.81. The Morgan fingerprint density at radius 2 is 1.92 bits per heavy atom. The molecule has 0 unspecified atom stereocenters. The normalized spacial score (nSPS) is 10.9. The van der Waals surface area contributed by atoms with Crippen molar-refractivity contribution in [1.82, 2.24) is 14.5 Å². The first-order valence-corrected chi connectivity index (χ1v) is 8.82. The summed E-state index contributed by atoms with van der Waals surface area (Å²) in [6.07, 6.45) is 0. The number of para-hydroxylation sites is 2. The number of benzene rings is 2. The van der Waals surface area contributed by atoms with Gasteiger partial charge in [0.2, 0.25) is 5.91 Å². The van der Waals surface area contributed by atoms with Crippen molar-refractivity contribution in [2.75, 3.05) is 13.7 Å². The summed E-state index contributed by atoms with van der Waals surface area (Å²) in [7, 11) is 1.79. The molecule has 0 fully saturated rings. The lowest BCUT2D eigenvalue weighted by molar-refractivity contribution is -0.128. The van der Waals surface area contributed by atoms with Gasteiger partial charge in [0.05, 0.1) is 24.1 Å². The van der Waals surface area contributed by atoms with Gasteiger partial charge in [-0.15, -0.1) is 0 Å². The van der Waals surface area contributed by atoms with Crippen LogP contribution in [-0.2, 0) is 17.9 Å². The van der Waals surface area contributed by atoms with Crippen LogP contribution in [0.5, 0.6) is 5.75 Å². The lowest BCUT2D eigenvalue weighted by atomic mass is 10.1. The number of aryl methyl sites for hydroxylation is 1. The quantitative estimate of drug-likeness (QED) is 0.680. The maximum absolute atomic E-state index is 11.6. The van der Waals surface area contributed by atoms with E-state index in [1.165, 1.54) is 11.1 Å². The summed E-state index contributed by atoms with van der Waals surface area (Å²) in [6.45, 7) is 7.42. The van der Waals surface area contributed by atoms with Crippen LogP contribution < -0.4 is 4.74 Å². The number of imidazole rings is 1. The number of fused-ring (bicyclic) bond motifs is 1. The minimum atomic E-state index is 0.0234. The summed E-state index contributed by atoms with van der Waals surface area (Å²) in [4.78, 5) is 18.0. The standard InChI is InChI=1S/C21H25N3O2/c1-15-8-7-11-20(16(15)2)26-13-12-24-19-10-6-5-9-18(19)22-21(24)14-23(4)17(3)25/h5-11H,12-14H2,1-4H3. The van der Waals surface area contributed by atoms with E-state index in [9.17, 15) is 4.79 Å². The van der Waals surface area contributed by atoms with E-state index in [0.29, 0.717) is 19.7 Å². The molecule has 136 valence electrons. The second-order valence-electron chi connectivity index (χ2n) is 6.59. The van der Waals surface area contributed by atoms with E-state index in [4.69, 9.17) is 9.72 Å². The van der Waals surface area contributed by atoms with Crippen molar-refractivity contribution < 1.29 is 9.53 Å². The van der Waals surface area contributed by atoms with Crippen LogP contribution in [0, 0.1) is 13.8 Å². The van der Waals surface area contributed by atoms with Crippen molar-refractivity contribution in [2.45, 2.75) is 33.9 Å². The molecular formula is C21H25N3O2. The Hall–Kier alpha value is -2.82. The van der Waals surface area contributed by atoms with Gasteiger partial charge in [0.25, 0.3) is 0 Å². The Morgan fingerprint density at radius 3 is 2.69 bits per heavy atom. The minimum Gasteiger partial charge on any atom is -0.491 e. The molecule has 26 heavy (non-hydrogen) atoms. The third-order valence-electron chi connectivity index (χ3n) is 4.78. The molecule has 0 atom stereocenters. The zero-order valence-electron chi connectivity index (χ0n) is 15.8. The molecule has 0 saturated heterocycles. The van der Waals surface area contributed by atoms with Gasteiger partial charge in [0, 0.05) is 14.0 Å². The summed E-state index contributed by atoms with van der Waals surface area (Å²) in [5.41, 5.74) is 4.38. The first kappa shape index (κ1) is 18.0. The van der Waals surface area contributed by atoms with E-state index in [1.54, 1.807) is 18.9 Å². The molecule has 1 aromatic heterocycles. The first-order chi connectivity index (χ1) is 12.5. The van der Waals surface area contributed by atoms with E-state index in [-0.39, 0.29) is 5.91 Å². The van der Waals surface area contributed by atoms with Crippen LogP contribution in [0.3, 0.4) is 0 Å². The molecule has 2 aromatic carbocycles. The molecule has 0 aliphatic rings. The molecule has 3 rings (SSSR count). The number of hydrogen-bond donors (Lipinski definition) is 0. The lowest BCUT2D eigenvalue weighted by Crippen LogP contribution is -2.25. The summed E-state index contributed by atoms with van der Waals surface area (Å²) in [5.74, 6) is 1.81. The van der Waals surface area contributed by atoms with Crippen LogP contribution in [0.25, 0.3) is 11.0 Å². The van der Waals surface area contributed by atoms with Crippen LogP contribution in [0.2, 0.25) is 0 Å². The van der Waals surface area contributed by atoms with E-state index >= 15 is 0 Å². The zero-order chi connectivity index (χ0) is 18.7. The maximum atomic E-state index is 11.6. The lowest BCUT2D eigenvalue weighted by Gasteiger charge is -2.17. The van der Waals surface area contributed by atoms with Gasteiger partial charge in [0.1, 0.15) is 18.2 Å². The number of carbonyl (C=O) groups excluding carboxylic acids is 1. The van der Waals surface area contributed by atoms with Crippen LogP contribution in [0.4, 0.5) is 0 Å². The van der Waals surface area contributed by atoms with E-state index < -0.39 is 0 Å². The SMILES string of the molecule is CC(=O)N(C)Cc1nc2ccccc2n1CCOc1cccc(C)c1C. The Labute approximate surface area is 154 Å². The monoisotopic (exact) mass is 351 g/mol. The topological polar surface area (TPSA) is 47.4 Å². The fourth-order valence-corrected chi connectivity index (χ4v) is 2.95. The summed E-state index contributed by atoms with van der Waals surface area (Å²) < 4.78 is 8.16. The third kappa shape index (κ3) is 3.72. The number of aromatic nitrogens is 2. The fourth-order valence-electron chi connectivity index (χ4n) is 2.95. The highest BCUT2D eigenvalue weighted by Gasteiger charge is 2.14. The molecule has 1 amide bonds. The minimum absolute atomic E-state index is 0.0234. The summed E-state index contributed by atoms with van der Waals surface area (Å²) >= 11 is 0. The van der Waals surface area contributed by atoms with Crippen molar-refractivity contribution in [1.29, 1.82) is 0 Å². The molecular weight excluding hydrogens is 326 g/mol. The number of nitrogens with zero attached hydrogens (tertiary/aromatic N) is 3. The highest BCUT2D eigenvalue weighted by Crippen LogP contribution is 2.21. The summed E-state index contributed by atoms with van der Waals surface area (Å²) in [5, 5.41) is 0. The second kappa shape index (κ2) is 7.60. The predicted molar refractivity (Wildman–Crippen MR) is 103 cm³/mol. The molecule has 0 radical (unpaired) electrons. The van der Waals surface area contributed by atoms with Gasteiger partial charge in [-0.2, -0.15) is 0 Å². The predicted octanol–water partition coefficient (Wildman–Crippen LogP) is 3.71. The number of rotatable bonds is 6. The van der Waals surface area contributed by atoms with Crippen LogP contribution in [-0.4, -0.2) is 34.0 Å². The van der Waals surface area contributed by atoms with Gasteiger partial charge >= 0.3 is 0 Å². The van der Waals surface area contributed by atoms with Crippen molar-refractivity contribution in [3.05, 3.63) is 59.4 Å². The first-order valence-electron chi connectivity index (χ1n) is 8.82.